The first-order chi connectivity index (χ1) is 9.24. The predicted octanol–water partition coefficient (Wildman–Crippen LogP) is 1.20. The van der Waals surface area contributed by atoms with E-state index in [0.29, 0.717) is 6.54 Å². The highest BCUT2D eigenvalue weighted by atomic mass is 16.2. The number of hydrogen-bond acceptors (Lipinski definition) is 3. The molecule has 0 aromatic carbocycles. The molecule has 0 aromatic heterocycles. The number of carbonyl (C=O) groups excluding carboxylic acids is 2. The lowest BCUT2D eigenvalue weighted by Crippen LogP contribution is -2.48. The van der Waals surface area contributed by atoms with Gasteiger partial charge in [0.25, 0.3) is 0 Å². The molecule has 19 heavy (non-hydrogen) atoms. The van der Waals surface area contributed by atoms with Crippen molar-refractivity contribution >= 4 is 11.8 Å². The molecule has 0 aromatic rings. The third-order valence-electron chi connectivity index (χ3n) is 4.13. The van der Waals surface area contributed by atoms with E-state index in [2.05, 4.69) is 5.32 Å². The second kappa shape index (κ2) is 6.55. The van der Waals surface area contributed by atoms with Gasteiger partial charge in [0.2, 0.25) is 11.8 Å². The molecule has 2 amide bonds. The molecule has 1 saturated carbocycles. The van der Waals surface area contributed by atoms with Gasteiger partial charge in [0.1, 0.15) is 12.6 Å². The molecule has 2 fully saturated rings. The number of nitriles is 1. The van der Waals surface area contributed by atoms with Gasteiger partial charge in [-0.2, -0.15) is 5.26 Å². The van der Waals surface area contributed by atoms with Gasteiger partial charge in [-0.3, -0.25) is 9.59 Å². The zero-order valence-electron chi connectivity index (χ0n) is 11.2. The highest BCUT2D eigenvalue weighted by Gasteiger charge is 2.37. The van der Waals surface area contributed by atoms with Crippen LogP contribution >= 0.6 is 0 Å². The number of rotatable bonds is 3. The smallest absolute Gasteiger partial charge is 0.243 e. The van der Waals surface area contributed by atoms with Crippen molar-refractivity contribution in [1.82, 2.24) is 10.2 Å². The Hall–Kier alpha value is -1.57. The number of hydrogen-bond donors (Lipinski definition) is 1. The molecular weight excluding hydrogens is 242 g/mol. The Bertz CT molecular complexity index is 383. The Kier molecular flexibility index (Phi) is 4.78. The summed E-state index contributed by atoms with van der Waals surface area (Å²) in [6.07, 6.45) is 6.98. The summed E-state index contributed by atoms with van der Waals surface area (Å²) in [6, 6.07) is 1.54. The summed E-state index contributed by atoms with van der Waals surface area (Å²) in [6.45, 7) is 0.695. The largest absolute Gasteiger partial charge is 0.341 e. The molecule has 5 heteroatoms. The fraction of sp³-hybridized carbons (Fsp3) is 0.786. The van der Waals surface area contributed by atoms with Gasteiger partial charge in [-0.15, -0.1) is 0 Å². The first kappa shape index (κ1) is 13.9. The summed E-state index contributed by atoms with van der Waals surface area (Å²) < 4.78 is 0. The number of nitrogens with one attached hydrogen (secondary N) is 1. The fourth-order valence-corrected chi connectivity index (χ4v) is 3.13. The lowest BCUT2D eigenvalue weighted by molar-refractivity contribution is -0.142. The topological polar surface area (TPSA) is 73.2 Å². The number of carbonyl (C=O) groups is 2. The van der Waals surface area contributed by atoms with E-state index in [4.69, 9.17) is 5.26 Å². The minimum absolute atomic E-state index is 0.0147. The van der Waals surface area contributed by atoms with Crippen molar-refractivity contribution in [3.8, 4) is 6.07 Å². The molecule has 1 saturated heterocycles. The predicted molar refractivity (Wildman–Crippen MR) is 69.9 cm³/mol. The number of nitrogens with zero attached hydrogens (tertiary/aromatic N) is 2. The van der Waals surface area contributed by atoms with Crippen molar-refractivity contribution in [2.75, 3.05) is 13.1 Å². The van der Waals surface area contributed by atoms with Crippen LogP contribution in [0.2, 0.25) is 0 Å². The summed E-state index contributed by atoms with van der Waals surface area (Å²) >= 11 is 0. The van der Waals surface area contributed by atoms with E-state index in [1.165, 1.54) is 6.42 Å². The van der Waals surface area contributed by atoms with Gasteiger partial charge in [0, 0.05) is 12.5 Å². The quantitative estimate of drug-likeness (QED) is 0.777. The highest BCUT2D eigenvalue weighted by Crippen LogP contribution is 2.28. The van der Waals surface area contributed by atoms with Crippen LogP contribution in [0.3, 0.4) is 0 Å². The monoisotopic (exact) mass is 263 g/mol. The van der Waals surface area contributed by atoms with E-state index in [1.54, 1.807) is 4.90 Å². The van der Waals surface area contributed by atoms with Crippen molar-refractivity contribution in [2.45, 2.75) is 51.0 Å². The van der Waals surface area contributed by atoms with E-state index in [9.17, 15) is 9.59 Å². The molecular formula is C14H21N3O2. The van der Waals surface area contributed by atoms with E-state index < -0.39 is 0 Å². The highest BCUT2D eigenvalue weighted by molar-refractivity contribution is 5.89. The second-order valence-corrected chi connectivity index (χ2v) is 5.40. The van der Waals surface area contributed by atoms with Gasteiger partial charge in [-0.25, -0.2) is 0 Å². The molecule has 0 spiro atoms. The van der Waals surface area contributed by atoms with E-state index in [1.807, 2.05) is 6.07 Å². The van der Waals surface area contributed by atoms with Gasteiger partial charge >= 0.3 is 0 Å². The van der Waals surface area contributed by atoms with Crippen LogP contribution in [0.1, 0.15) is 44.9 Å². The Morgan fingerprint density at radius 2 is 1.89 bits per heavy atom. The van der Waals surface area contributed by atoms with Gasteiger partial charge in [-0.05, 0) is 25.7 Å². The molecule has 104 valence electrons. The van der Waals surface area contributed by atoms with Crippen LogP contribution < -0.4 is 5.32 Å². The molecule has 2 rings (SSSR count). The van der Waals surface area contributed by atoms with Crippen LogP contribution in [0.25, 0.3) is 0 Å². The summed E-state index contributed by atoms with van der Waals surface area (Å²) in [5, 5.41) is 11.1. The first-order valence-corrected chi connectivity index (χ1v) is 7.19. The van der Waals surface area contributed by atoms with Crippen molar-refractivity contribution in [2.24, 2.45) is 5.92 Å². The second-order valence-electron chi connectivity index (χ2n) is 5.40. The minimum Gasteiger partial charge on any atom is -0.341 e. The van der Waals surface area contributed by atoms with Gasteiger partial charge in [0.05, 0.1) is 6.07 Å². The van der Waals surface area contributed by atoms with Crippen molar-refractivity contribution in [3.63, 3.8) is 0 Å². The maximum Gasteiger partial charge on any atom is 0.243 e. The molecule has 1 aliphatic heterocycles. The molecule has 1 heterocycles. The number of amides is 2. The van der Waals surface area contributed by atoms with Crippen molar-refractivity contribution in [3.05, 3.63) is 0 Å². The Morgan fingerprint density at radius 3 is 2.58 bits per heavy atom. The molecule has 0 radical (unpaired) electrons. The Labute approximate surface area is 113 Å². The van der Waals surface area contributed by atoms with Gasteiger partial charge in [-0.1, -0.05) is 19.3 Å². The van der Waals surface area contributed by atoms with Crippen LogP contribution in [0, 0.1) is 17.2 Å². The summed E-state index contributed by atoms with van der Waals surface area (Å²) in [5.74, 6) is 0.0793. The zero-order chi connectivity index (χ0) is 13.7. The summed E-state index contributed by atoms with van der Waals surface area (Å²) in [4.78, 5) is 26.2. The first-order valence-electron chi connectivity index (χ1n) is 7.19. The lowest BCUT2D eigenvalue weighted by atomic mass is 9.88. The van der Waals surface area contributed by atoms with E-state index in [-0.39, 0.29) is 30.3 Å². The average Bonchev–Trinajstić information content (AvgIpc) is 2.94. The summed E-state index contributed by atoms with van der Waals surface area (Å²) in [5.41, 5.74) is 0. The molecule has 1 atom stereocenters. The Morgan fingerprint density at radius 1 is 1.16 bits per heavy atom. The van der Waals surface area contributed by atoms with Crippen LogP contribution in [-0.2, 0) is 9.59 Å². The van der Waals surface area contributed by atoms with E-state index >= 15 is 0 Å². The SMILES string of the molecule is N#CCNC(=O)C1CCCN1C(=O)C1CCCCC1. The van der Waals surface area contributed by atoms with Crippen molar-refractivity contribution in [1.29, 1.82) is 5.26 Å². The molecule has 0 bridgehead atoms. The van der Waals surface area contributed by atoms with E-state index in [0.717, 1.165) is 38.5 Å². The van der Waals surface area contributed by atoms with Crippen LogP contribution in [0.4, 0.5) is 0 Å². The maximum atomic E-state index is 12.5. The average molecular weight is 263 g/mol. The van der Waals surface area contributed by atoms with Gasteiger partial charge < -0.3 is 10.2 Å². The van der Waals surface area contributed by atoms with Crippen molar-refractivity contribution < 1.29 is 9.59 Å². The molecule has 2 aliphatic rings. The zero-order valence-corrected chi connectivity index (χ0v) is 11.2. The molecule has 1 aliphatic carbocycles. The summed E-state index contributed by atoms with van der Waals surface area (Å²) in [7, 11) is 0. The molecule has 1 N–H and O–H groups in total. The molecule has 5 nitrogen and oxygen atoms in total. The lowest BCUT2D eigenvalue weighted by Gasteiger charge is -2.29. The minimum atomic E-state index is -0.359. The van der Waals surface area contributed by atoms with Crippen LogP contribution in [-0.4, -0.2) is 35.8 Å². The maximum absolute atomic E-state index is 12.5. The molecule has 1 unspecified atom stereocenters. The standard InChI is InChI=1S/C14H21N3O2/c15-8-9-16-13(18)12-7-4-10-17(12)14(19)11-5-2-1-3-6-11/h11-12H,1-7,9-10H2,(H,16,18). The fourth-order valence-electron chi connectivity index (χ4n) is 3.13. The number of likely N-dealkylation sites (tertiary alicyclic amines) is 1. The Balaban J connectivity index is 1.95. The van der Waals surface area contributed by atoms with Crippen LogP contribution in [0.5, 0.6) is 0 Å². The van der Waals surface area contributed by atoms with Crippen LogP contribution in [0.15, 0.2) is 0 Å². The third kappa shape index (κ3) is 3.25. The normalized spacial score (nSPS) is 23.9. The third-order valence-corrected chi connectivity index (χ3v) is 4.13. The van der Waals surface area contributed by atoms with Gasteiger partial charge in [0.15, 0.2) is 0 Å².